The number of carboxylic acid groups (broad SMARTS) is 2. The summed E-state index contributed by atoms with van der Waals surface area (Å²) >= 11 is 0. The summed E-state index contributed by atoms with van der Waals surface area (Å²) in [7, 11) is 0. The molecular formula is C17H23NO5. The highest BCUT2D eigenvalue weighted by Crippen LogP contribution is 2.16. The summed E-state index contributed by atoms with van der Waals surface area (Å²) in [6, 6.07) is 9.71. The molecule has 0 spiro atoms. The largest absolute Gasteiger partial charge is 0.481 e. The van der Waals surface area contributed by atoms with E-state index in [0.717, 1.165) is 5.56 Å². The minimum atomic E-state index is -0.923. The number of nitrogens with one attached hydrogen (secondary N) is 1. The van der Waals surface area contributed by atoms with E-state index in [1.807, 2.05) is 30.3 Å². The van der Waals surface area contributed by atoms with Gasteiger partial charge in [0, 0.05) is 25.3 Å². The van der Waals surface area contributed by atoms with Crippen molar-refractivity contribution in [3.05, 3.63) is 35.9 Å². The predicted octanol–water partition coefficient (Wildman–Crippen LogP) is 2.08. The molecule has 23 heavy (non-hydrogen) atoms. The molecule has 0 fully saturated rings. The van der Waals surface area contributed by atoms with Crippen molar-refractivity contribution in [1.82, 2.24) is 5.32 Å². The van der Waals surface area contributed by atoms with Gasteiger partial charge in [-0.15, -0.1) is 0 Å². The minimum Gasteiger partial charge on any atom is -0.481 e. The highest BCUT2D eigenvalue weighted by atomic mass is 16.4. The van der Waals surface area contributed by atoms with Crippen LogP contribution in [0.4, 0.5) is 0 Å². The summed E-state index contributed by atoms with van der Waals surface area (Å²) in [6.07, 6.45) is 1.88. The first-order valence-electron chi connectivity index (χ1n) is 7.74. The zero-order valence-electron chi connectivity index (χ0n) is 13.0. The van der Waals surface area contributed by atoms with Gasteiger partial charge in [-0.05, 0) is 31.2 Å². The average Bonchev–Trinajstić information content (AvgIpc) is 2.52. The van der Waals surface area contributed by atoms with Gasteiger partial charge in [0.1, 0.15) is 0 Å². The van der Waals surface area contributed by atoms with Crippen molar-refractivity contribution in [1.29, 1.82) is 0 Å². The molecule has 3 N–H and O–H groups in total. The molecule has 1 unspecified atom stereocenters. The number of hydrogen-bond acceptors (Lipinski definition) is 3. The molecule has 0 aliphatic heterocycles. The number of carboxylic acids is 2. The van der Waals surface area contributed by atoms with Crippen molar-refractivity contribution in [3.8, 4) is 0 Å². The molecule has 6 nitrogen and oxygen atoms in total. The highest BCUT2D eigenvalue weighted by molar-refractivity contribution is 5.79. The van der Waals surface area contributed by atoms with Gasteiger partial charge in [0.15, 0.2) is 0 Å². The topological polar surface area (TPSA) is 104 Å². The number of rotatable bonds is 11. The van der Waals surface area contributed by atoms with E-state index >= 15 is 0 Å². The number of aliphatic carboxylic acids is 2. The van der Waals surface area contributed by atoms with Crippen LogP contribution in [0, 0.1) is 5.92 Å². The second-order valence-electron chi connectivity index (χ2n) is 5.44. The molecule has 0 aliphatic carbocycles. The van der Waals surface area contributed by atoms with Crippen LogP contribution in [0.25, 0.3) is 0 Å². The summed E-state index contributed by atoms with van der Waals surface area (Å²) in [5, 5.41) is 20.1. The lowest BCUT2D eigenvalue weighted by atomic mass is 9.94. The van der Waals surface area contributed by atoms with E-state index in [2.05, 4.69) is 5.32 Å². The first-order chi connectivity index (χ1) is 11.0. The Hall–Kier alpha value is -2.37. The zero-order valence-corrected chi connectivity index (χ0v) is 13.0. The van der Waals surface area contributed by atoms with E-state index in [-0.39, 0.29) is 31.1 Å². The summed E-state index contributed by atoms with van der Waals surface area (Å²) in [6.45, 7) is 0.292. The van der Waals surface area contributed by atoms with Crippen LogP contribution >= 0.6 is 0 Å². The summed E-state index contributed by atoms with van der Waals surface area (Å²) in [4.78, 5) is 33.3. The quantitative estimate of drug-likeness (QED) is 0.541. The maximum Gasteiger partial charge on any atom is 0.303 e. The number of carbonyl (C=O) groups is 3. The standard InChI is InChI=1S/C17H23NO5/c19-15(20)7-4-12-18-17(23)14(10-11-16(21)22)9-8-13-5-2-1-3-6-13/h1-3,5-6,14H,4,7-12H2,(H,18,23)(H,19,20)(H,21,22). The van der Waals surface area contributed by atoms with Crippen LogP contribution < -0.4 is 5.32 Å². The van der Waals surface area contributed by atoms with Gasteiger partial charge in [0.05, 0.1) is 0 Å². The average molecular weight is 321 g/mol. The van der Waals surface area contributed by atoms with E-state index < -0.39 is 11.9 Å². The molecule has 0 aromatic heterocycles. The molecule has 0 saturated carbocycles. The van der Waals surface area contributed by atoms with Crippen LogP contribution in [0.2, 0.25) is 0 Å². The monoisotopic (exact) mass is 321 g/mol. The molecule has 0 aliphatic rings. The smallest absolute Gasteiger partial charge is 0.303 e. The van der Waals surface area contributed by atoms with Crippen LogP contribution in [0.3, 0.4) is 0 Å². The third-order valence-corrected chi connectivity index (χ3v) is 3.57. The van der Waals surface area contributed by atoms with Crippen LogP contribution in [-0.2, 0) is 20.8 Å². The van der Waals surface area contributed by atoms with Crippen molar-refractivity contribution in [2.45, 2.75) is 38.5 Å². The third-order valence-electron chi connectivity index (χ3n) is 3.57. The highest BCUT2D eigenvalue weighted by Gasteiger charge is 2.19. The Morgan fingerprint density at radius 1 is 0.957 bits per heavy atom. The molecule has 0 bridgehead atoms. The first-order valence-corrected chi connectivity index (χ1v) is 7.74. The summed E-state index contributed by atoms with van der Waals surface area (Å²) in [5.41, 5.74) is 1.10. The van der Waals surface area contributed by atoms with Crippen LogP contribution in [0.15, 0.2) is 30.3 Å². The third kappa shape index (κ3) is 8.60. The van der Waals surface area contributed by atoms with E-state index in [1.165, 1.54) is 0 Å². The maximum atomic E-state index is 12.2. The van der Waals surface area contributed by atoms with E-state index in [4.69, 9.17) is 10.2 Å². The van der Waals surface area contributed by atoms with Gasteiger partial charge in [-0.3, -0.25) is 14.4 Å². The number of amides is 1. The molecular weight excluding hydrogens is 298 g/mol. The Morgan fingerprint density at radius 3 is 2.22 bits per heavy atom. The number of hydrogen-bond donors (Lipinski definition) is 3. The van der Waals surface area contributed by atoms with Gasteiger partial charge in [-0.2, -0.15) is 0 Å². The fourth-order valence-electron chi connectivity index (χ4n) is 2.29. The molecule has 1 rings (SSSR count). The normalized spacial score (nSPS) is 11.7. The Balaban J connectivity index is 2.47. The SMILES string of the molecule is O=C(O)CCCNC(=O)C(CCC(=O)O)CCc1ccccc1. The zero-order chi connectivity index (χ0) is 17.1. The summed E-state index contributed by atoms with van der Waals surface area (Å²) in [5.74, 6) is -2.40. The fourth-order valence-corrected chi connectivity index (χ4v) is 2.29. The second-order valence-corrected chi connectivity index (χ2v) is 5.44. The van der Waals surface area contributed by atoms with E-state index in [1.54, 1.807) is 0 Å². The van der Waals surface area contributed by atoms with Crippen molar-refractivity contribution in [3.63, 3.8) is 0 Å². The maximum absolute atomic E-state index is 12.2. The molecule has 6 heteroatoms. The van der Waals surface area contributed by atoms with Gasteiger partial charge in [0.25, 0.3) is 0 Å². The number of aryl methyl sites for hydroxylation is 1. The Bertz CT molecular complexity index is 515. The van der Waals surface area contributed by atoms with E-state index in [9.17, 15) is 14.4 Å². The lowest BCUT2D eigenvalue weighted by molar-refractivity contribution is -0.138. The fraction of sp³-hybridized carbons (Fsp3) is 0.471. The molecule has 1 aromatic carbocycles. The summed E-state index contributed by atoms with van der Waals surface area (Å²) < 4.78 is 0. The second kappa shape index (κ2) is 10.4. The van der Waals surface area contributed by atoms with Gasteiger partial charge < -0.3 is 15.5 Å². The Labute approximate surface area is 135 Å². The first kappa shape index (κ1) is 18.7. The molecule has 0 heterocycles. The van der Waals surface area contributed by atoms with Gasteiger partial charge >= 0.3 is 11.9 Å². The molecule has 0 radical (unpaired) electrons. The van der Waals surface area contributed by atoms with Crippen molar-refractivity contribution >= 4 is 17.8 Å². The lowest BCUT2D eigenvalue weighted by Gasteiger charge is -2.16. The molecule has 1 aromatic rings. The molecule has 0 saturated heterocycles. The molecule has 1 atom stereocenters. The van der Waals surface area contributed by atoms with Crippen molar-refractivity contribution in [2.24, 2.45) is 5.92 Å². The van der Waals surface area contributed by atoms with E-state index in [0.29, 0.717) is 25.8 Å². The van der Waals surface area contributed by atoms with Gasteiger partial charge in [-0.1, -0.05) is 30.3 Å². The van der Waals surface area contributed by atoms with Gasteiger partial charge in [0.2, 0.25) is 5.91 Å². The van der Waals surface area contributed by atoms with Gasteiger partial charge in [-0.25, -0.2) is 0 Å². The van der Waals surface area contributed by atoms with Crippen molar-refractivity contribution in [2.75, 3.05) is 6.54 Å². The van der Waals surface area contributed by atoms with Crippen molar-refractivity contribution < 1.29 is 24.6 Å². The number of carbonyl (C=O) groups excluding carboxylic acids is 1. The lowest BCUT2D eigenvalue weighted by Crippen LogP contribution is -2.32. The van der Waals surface area contributed by atoms with Crippen LogP contribution in [-0.4, -0.2) is 34.6 Å². The van der Waals surface area contributed by atoms with Crippen LogP contribution in [0.5, 0.6) is 0 Å². The minimum absolute atomic E-state index is 0.00406. The Kier molecular flexibility index (Phi) is 8.42. The van der Waals surface area contributed by atoms with Crippen LogP contribution in [0.1, 0.15) is 37.7 Å². The predicted molar refractivity (Wildman–Crippen MR) is 85.0 cm³/mol. The molecule has 126 valence electrons. The number of benzene rings is 1. The Morgan fingerprint density at radius 2 is 1.61 bits per heavy atom. The molecule has 1 amide bonds.